The lowest BCUT2D eigenvalue weighted by Crippen LogP contribution is -2.06. The highest BCUT2D eigenvalue weighted by Gasteiger charge is 2.22. The number of aromatic nitrogens is 5. The Morgan fingerprint density at radius 1 is 0.340 bits per heavy atom. The Balaban J connectivity index is 1.26. The van der Waals surface area contributed by atoms with Crippen LogP contribution in [-0.2, 0) is 0 Å². The molecule has 50 heavy (non-hydrogen) atoms. The number of benzene rings is 7. The molecule has 0 saturated heterocycles. The fourth-order valence-corrected chi connectivity index (χ4v) is 7.98. The van der Waals surface area contributed by atoms with Gasteiger partial charge in [-0.1, -0.05) is 127 Å². The largest absolute Gasteiger partial charge is 0.308 e. The standard InChI is InChI=1S/C45H27N5/c1-2-14-28(15-3-1)30-16-4-5-21-35(30)44-46-43(47-45(48-44)50-40-24-12-6-17-31(40)32-18-7-13-25-41(32)50)29-26-36-33-19-8-10-22-38(33)49-39-23-11-9-20-34(39)37(27-29)42(36)49/h1-27H. The first-order valence-corrected chi connectivity index (χ1v) is 16.9. The minimum atomic E-state index is 0.588. The maximum absolute atomic E-state index is 5.33. The quantitative estimate of drug-likeness (QED) is 0.193. The van der Waals surface area contributed by atoms with Crippen LogP contribution in [0.2, 0.25) is 0 Å². The Labute approximate surface area is 286 Å². The Bertz CT molecular complexity index is 2960. The molecule has 4 heterocycles. The second-order valence-electron chi connectivity index (χ2n) is 12.9. The van der Waals surface area contributed by atoms with Crippen LogP contribution >= 0.6 is 0 Å². The SMILES string of the molecule is c1ccc(-c2ccccc2-c2nc(-c3cc4c5ccccc5n5c6ccccc6c(c3)c45)nc(-n3c4ccccc4c4ccccc43)n2)cc1. The van der Waals surface area contributed by atoms with Gasteiger partial charge in [-0.3, -0.25) is 4.57 Å². The summed E-state index contributed by atoms with van der Waals surface area (Å²) in [5, 5.41) is 7.13. The van der Waals surface area contributed by atoms with Crippen molar-refractivity contribution in [1.82, 2.24) is 23.9 Å². The molecule has 11 rings (SSSR count). The Morgan fingerprint density at radius 2 is 0.800 bits per heavy atom. The maximum atomic E-state index is 5.33. The number of fused-ring (bicyclic) bond motifs is 9. The van der Waals surface area contributed by atoms with Crippen molar-refractivity contribution >= 4 is 59.9 Å². The van der Waals surface area contributed by atoms with Gasteiger partial charge in [0, 0.05) is 43.4 Å². The molecule has 5 heteroatoms. The van der Waals surface area contributed by atoms with Gasteiger partial charge in [-0.2, -0.15) is 9.97 Å². The van der Waals surface area contributed by atoms with Crippen LogP contribution in [0.1, 0.15) is 0 Å². The van der Waals surface area contributed by atoms with Crippen molar-refractivity contribution < 1.29 is 0 Å². The maximum Gasteiger partial charge on any atom is 0.238 e. The second kappa shape index (κ2) is 10.3. The number of hydrogen-bond donors (Lipinski definition) is 0. The summed E-state index contributed by atoms with van der Waals surface area (Å²) in [5.74, 6) is 1.85. The van der Waals surface area contributed by atoms with E-state index in [2.05, 4.69) is 167 Å². The highest BCUT2D eigenvalue weighted by atomic mass is 15.2. The molecule has 0 N–H and O–H groups in total. The summed E-state index contributed by atoms with van der Waals surface area (Å²) in [5.41, 5.74) is 9.83. The molecule has 0 spiro atoms. The van der Waals surface area contributed by atoms with E-state index in [-0.39, 0.29) is 0 Å². The number of rotatable bonds is 4. The van der Waals surface area contributed by atoms with Crippen LogP contribution < -0.4 is 0 Å². The van der Waals surface area contributed by atoms with Crippen LogP contribution in [0.15, 0.2) is 164 Å². The van der Waals surface area contributed by atoms with Gasteiger partial charge in [-0.05, 0) is 47.5 Å². The average Bonchev–Trinajstić information content (AvgIpc) is 3.83. The summed E-state index contributed by atoms with van der Waals surface area (Å²) >= 11 is 0. The lowest BCUT2D eigenvalue weighted by molar-refractivity contribution is 0.954. The molecule has 0 aliphatic rings. The molecule has 7 aromatic carbocycles. The lowest BCUT2D eigenvalue weighted by atomic mass is 9.99. The fraction of sp³-hybridized carbons (Fsp3) is 0. The van der Waals surface area contributed by atoms with Gasteiger partial charge in [0.05, 0.1) is 27.6 Å². The summed E-state index contributed by atoms with van der Waals surface area (Å²) < 4.78 is 4.58. The topological polar surface area (TPSA) is 48.0 Å². The predicted octanol–water partition coefficient (Wildman–Crippen LogP) is 11.1. The van der Waals surface area contributed by atoms with Crippen molar-refractivity contribution in [3.8, 4) is 39.9 Å². The number of nitrogens with zero attached hydrogens (tertiary/aromatic N) is 5. The first-order valence-electron chi connectivity index (χ1n) is 16.9. The summed E-state index contributed by atoms with van der Waals surface area (Å²) in [4.78, 5) is 15.9. The number of hydrogen-bond acceptors (Lipinski definition) is 3. The summed E-state index contributed by atoms with van der Waals surface area (Å²) in [7, 11) is 0. The van der Waals surface area contributed by atoms with E-state index in [1.54, 1.807) is 0 Å². The molecular formula is C45H27N5. The van der Waals surface area contributed by atoms with Gasteiger partial charge in [0.15, 0.2) is 11.6 Å². The van der Waals surface area contributed by atoms with Crippen molar-refractivity contribution in [2.45, 2.75) is 0 Å². The van der Waals surface area contributed by atoms with Gasteiger partial charge in [0.2, 0.25) is 5.95 Å². The molecule has 0 unspecified atom stereocenters. The van der Waals surface area contributed by atoms with E-state index in [0.29, 0.717) is 17.6 Å². The Kier molecular flexibility index (Phi) is 5.60. The molecule has 0 amide bonds. The summed E-state index contributed by atoms with van der Waals surface area (Å²) in [6.45, 7) is 0. The smallest absolute Gasteiger partial charge is 0.238 e. The zero-order valence-corrected chi connectivity index (χ0v) is 26.8. The van der Waals surface area contributed by atoms with Crippen molar-refractivity contribution in [3.05, 3.63) is 164 Å². The molecule has 0 radical (unpaired) electrons. The predicted molar refractivity (Wildman–Crippen MR) is 205 cm³/mol. The molecule has 0 aliphatic heterocycles. The van der Waals surface area contributed by atoms with Gasteiger partial charge in [-0.25, -0.2) is 4.98 Å². The minimum Gasteiger partial charge on any atom is -0.308 e. The molecule has 0 saturated carbocycles. The van der Waals surface area contributed by atoms with Gasteiger partial charge >= 0.3 is 0 Å². The van der Waals surface area contributed by atoms with E-state index in [1.165, 1.54) is 38.1 Å². The highest BCUT2D eigenvalue weighted by molar-refractivity contribution is 6.24. The summed E-state index contributed by atoms with van der Waals surface area (Å²) in [6.07, 6.45) is 0. The molecule has 232 valence electrons. The van der Waals surface area contributed by atoms with Crippen molar-refractivity contribution in [2.24, 2.45) is 0 Å². The van der Waals surface area contributed by atoms with E-state index in [1.807, 2.05) is 6.07 Å². The van der Waals surface area contributed by atoms with Gasteiger partial charge < -0.3 is 4.40 Å². The fourth-order valence-electron chi connectivity index (χ4n) is 7.98. The van der Waals surface area contributed by atoms with E-state index >= 15 is 0 Å². The van der Waals surface area contributed by atoms with Crippen LogP contribution in [0.25, 0.3) is 99.8 Å². The zero-order chi connectivity index (χ0) is 32.8. The Morgan fingerprint density at radius 3 is 1.40 bits per heavy atom. The third-order valence-electron chi connectivity index (χ3n) is 10.1. The average molecular weight is 638 g/mol. The van der Waals surface area contributed by atoms with E-state index < -0.39 is 0 Å². The Hall–Kier alpha value is -6.85. The molecule has 0 aliphatic carbocycles. The first-order chi connectivity index (χ1) is 24.8. The molecule has 0 bridgehead atoms. The first kappa shape index (κ1) is 27.1. The van der Waals surface area contributed by atoms with Crippen LogP contribution in [0.4, 0.5) is 0 Å². The summed E-state index contributed by atoms with van der Waals surface area (Å²) in [6, 6.07) is 57.7. The van der Waals surface area contributed by atoms with Gasteiger partial charge in [0.25, 0.3) is 0 Å². The number of para-hydroxylation sites is 4. The molecule has 4 aromatic heterocycles. The van der Waals surface area contributed by atoms with Gasteiger partial charge in [0.1, 0.15) is 0 Å². The third-order valence-corrected chi connectivity index (χ3v) is 10.1. The lowest BCUT2D eigenvalue weighted by Gasteiger charge is -2.13. The van der Waals surface area contributed by atoms with E-state index in [0.717, 1.165) is 44.1 Å². The molecular weight excluding hydrogens is 611 g/mol. The molecule has 5 nitrogen and oxygen atoms in total. The van der Waals surface area contributed by atoms with Crippen LogP contribution in [0, 0.1) is 0 Å². The van der Waals surface area contributed by atoms with E-state index in [9.17, 15) is 0 Å². The van der Waals surface area contributed by atoms with Crippen molar-refractivity contribution in [2.75, 3.05) is 0 Å². The van der Waals surface area contributed by atoms with Crippen LogP contribution in [-0.4, -0.2) is 23.9 Å². The molecule has 0 atom stereocenters. The van der Waals surface area contributed by atoms with Crippen molar-refractivity contribution in [3.63, 3.8) is 0 Å². The third kappa shape index (κ3) is 3.80. The van der Waals surface area contributed by atoms with E-state index in [4.69, 9.17) is 15.0 Å². The van der Waals surface area contributed by atoms with Gasteiger partial charge in [-0.15, -0.1) is 0 Å². The normalized spacial score (nSPS) is 12.0. The van der Waals surface area contributed by atoms with Crippen molar-refractivity contribution in [1.29, 1.82) is 0 Å². The monoisotopic (exact) mass is 637 g/mol. The molecule has 11 aromatic rings. The molecule has 0 fully saturated rings. The van der Waals surface area contributed by atoms with Crippen LogP contribution in [0.5, 0.6) is 0 Å². The van der Waals surface area contributed by atoms with Crippen LogP contribution in [0.3, 0.4) is 0 Å². The second-order valence-corrected chi connectivity index (χ2v) is 12.9. The minimum absolute atomic E-state index is 0.588. The highest BCUT2D eigenvalue weighted by Crippen LogP contribution is 2.42. The zero-order valence-electron chi connectivity index (χ0n) is 26.8.